The van der Waals surface area contributed by atoms with Crippen LogP contribution in [0.2, 0.25) is 0 Å². The molecule has 1 N–H and O–H groups in total. The maximum absolute atomic E-state index is 10.9. The Balaban J connectivity index is 2.28. The summed E-state index contributed by atoms with van der Waals surface area (Å²) >= 11 is 0. The molecule has 2 rings (SSSR count). The van der Waals surface area contributed by atoms with E-state index in [-0.39, 0.29) is 17.7 Å². The SMILES string of the molecule is CCC1OCCC1c1ocnc1C(=O)O. The summed E-state index contributed by atoms with van der Waals surface area (Å²) in [7, 11) is 0. The van der Waals surface area contributed by atoms with Gasteiger partial charge in [-0.15, -0.1) is 0 Å². The first-order chi connectivity index (χ1) is 7.24. The van der Waals surface area contributed by atoms with Crippen LogP contribution in [0.25, 0.3) is 0 Å². The van der Waals surface area contributed by atoms with Crippen molar-refractivity contribution in [3.63, 3.8) is 0 Å². The van der Waals surface area contributed by atoms with Crippen molar-refractivity contribution in [2.45, 2.75) is 31.8 Å². The molecule has 0 aromatic carbocycles. The monoisotopic (exact) mass is 211 g/mol. The van der Waals surface area contributed by atoms with Crippen molar-refractivity contribution in [1.29, 1.82) is 0 Å². The molecule has 0 spiro atoms. The van der Waals surface area contributed by atoms with Gasteiger partial charge in [-0.3, -0.25) is 0 Å². The van der Waals surface area contributed by atoms with E-state index in [1.54, 1.807) is 0 Å². The molecule has 1 fully saturated rings. The smallest absolute Gasteiger partial charge is 0.358 e. The lowest BCUT2D eigenvalue weighted by atomic mass is 9.95. The van der Waals surface area contributed by atoms with Crippen molar-refractivity contribution in [2.24, 2.45) is 0 Å². The Bertz CT molecular complexity index is 360. The summed E-state index contributed by atoms with van der Waals surface area (Å²) in [6, 6.07) is 0. The summed E-state index contributed by atoms with van der Waals surface area (Å²) in [5, 5.41) is 8.91. The molecular weight excluding hydrogens is 198 g/mol. The summed E-state index contributed by atoms with van der Waals surface area (Å²) in [5.74, 6) is -0.559. The van der Waals surface area contributed by atoms with E-state index >= 15 is 0 Å². The van der Waals surface area contributed by atoms with Gasteiger partial charge in [-0.05, 0) is 12.8 Å². The van der Waals surface area contributed by atoms with Gasteiger partial charge in [0, 0.05) is 12.5 Å². The molecule has 1 saturated heterocycles. The van der Waals surface area contributed by atoms with Crippen LogP contribution in [0.4, 0.5) is 0 Å². The summed E-state index contributed by atoms with van der Waals surface area (Å²) < 4.78 is 10.7. The van der Waals surface area contributed by atoms with Gasteiger partial charge >= 0.3 is 5.97 Å². The van der Waals surface area contributed by atoms with Crippen LogP contribution in [0, 0.1) is 0 Å². The average Bonchev–Trinajstić information content (AvgIpc) is 2.85. The first-order valence-electron chi connectivity index (χ1n) is 5.02. The van der Waals surface area contributed by atoms with Gasteiger partial charge in [-0.2, -0.15) is 0 Å². The molecule has 2 heterocycles. The molecule has 0 radical (unpaired) electrons. The van der Waals surface area contributed by atoms with E-state index in [9.17, 15) is 4.79 Å². The predicted octanol–water partition coefficient (Wildman–Crippen LogP) is 1.66. The van der Waals surface area contributed by atoms with Gasteiger partial charge in [0.25, 0.3) is 0 Å². The Morgan fingerprint density at radius 3 is 3.20 bits per heavy atom. The van der Waals surface area contributed by atoms with E-state index in [2.05, 4.69) is 4.98 Å². The molecule has 1 aromatic rings. The fraction of sp³-hybridized carbons (Fsp3) is 0.600. The number of hydrogen-bond acceptors (Lipinski definition) is 4. The Kier molecular flexibility index (Phi) is 2.73. The van der Waals surface area contributed by atoms with E-state index < -0.39 is 5.97 Å². The quantitative estimate of drug-likeness (QED) is 0.823. The molecule has 2 unspecified atom stereocenters. The van der Waals surface area contributed by atoms with E-state index in [0.29, 0.717) is 12.4 Å². The highest BCUT2D eigenvalue weighted by atomic mass is 16.5. The number of carbonyl (C=O) groups is 1. The van der Waals surface area contributed by atoms with Crippen molar-refractivity contribution in [2.75, 3.05) is 6.61 Å². The minimum Gasteiger partial charge on any atom is -0.476 e. The molecular formula is C10H13NO4. The van der Waals surface area contributed by atoms with Crippen LogP contribution >= 0.6 is 0 Å². The lowest BCUT2D eigenvalue weighted by molar-refractivity contribution is 0.0684. The van der Waals surface area contributed by atoms with Crippen LogP contribution in [0.1, 0.15) is 41.9 Å². The Labute approximate surface area is 87.1 Å². The normalized spacial score (nSPS) is 25.7. The van der Waals surface area contributed by atoms with Crippen LogP contribution in [0.5, 0.6) is 0 Å². The van der Waals surface area contributed by atoms with E-state index in [1.807, 2.05) is 6.92 Å². The number of carboxylic acid groups (broad SMARTS) is 1. The fourth-order valence-corrected chi connectivity index (χ4v) is 2.03. The lowest BCUT2D eigenvalue weighted by Crippen LogP contribution is -2.15. The second kappa shape index (κ2) is 4.02. The van der Waals surface area contributed by atoms with Crippen molar-refractivity contribution in [1.82, 2.24) is 4.98 Å². The average molecular weight is 211 g/mol. The number of oxazole rings is 1. The van der Waals surface area contributed by atoms with Gasteiger partial charge in [0.2, 0.25) is 0 Å². The van der Waals surface area contributed by atoms with E-state index in [0.717, 1.165) is 12.8 Å². The number of nitrogens with zero attached hydrogens (tertiary/aromatic N) is 1. The minimum absolute atomic E-state index is 0.0175. The number of carboxylic acids is 1. The van der Waals surface area contributed by atoms with Crippen LogP contribution in [-0.4, -0.2) is 28.8 Å². The molecule has 5 heteroatoms. The van der Waals surface area contributed by atoms with Gasteiger partial charge in [0.15, 0.2) is 12.1 Å². The third kappa shape index (κ3) is 1.74. The summed E-state index contributed by atoms with van der Waals surface area (Å²) in [5.41, 5.74) is 0.0175. The van der Waals surface area contributed by atoms with Crippen LogP contribution < -0.4 is 0 Å². The summed E-state index contributed by atoms with van der Waals surface area (Å²) in [6.45, 7) is 2.67. The van der Waals surface area contributed by atoms with Crippen molar-refractivity contribution < 1.29 is 19.1 Å². The van der Waals surface area contributed by atoms with Crippen molar-refractivity contribution >= 4 is 5.97 Å². The minimum atomic E-state index is -1.04. The van der Waals surface area contributed by atoms with Crippen LogP contribution in [0.3, 0.4) is 0 Å². The number of hydrogen-bond donors (Lipinski definition) is 1. The van der Waals surface area contributed by atoms with Gasteiger partial charge < -0.3 is 14.3 Å². The molecule has 0 bridgehead atoms. The molecule has 0 saturated carbocycles. The molecule has 2 atom stereocenters. The van der Waals surface area contributed by atoms with Gasteiger partial charge in [-0.1, -0.05) is 6.92 Å². The van der Waals surface area contributed by atoms with E-state index in [4.69, 9.17) is 14.3 Å². The van der Waals surface area contributed by atoms with Gasteiger partial charge in [0.1, 0.15) is 5.76 Å². The molecule has 0 aliphatic carbocycles. The van der Waals surface area contributed by atoms with Crippen LogP contribution in [0.15, 0.2) is 10.8 Å². The largest absolute Gasteiger partial charge is 0.476 e. The third-order valence-corrected chi connectivity index (χ3v) is 2.75. The third-order valence-electron chi connectivity index (χ3n) is 2.75. The zero-order valence-corrected chi connectivity index (χ0v) is 8.47. The first kappa shape index (κ1) is 10.2. The highest BCUT2D eigenvalue weighted by molar-refractivity contribution is 5.86. The molecule has 0 amide bonds. The zero-order valence-electron chi connectivity index (χ0n) is 8.47. The van der Waals surface area contributed by atoms with Crippen LogP contribution in [-0.2, 0) is 4.74 Å². The standard InChI is InChI=1S/C10H13NO4/c1-2-7-6(3-4-14-7)9-8(10(12)13)11-5-15-9/h5-7H,2-4H2,1H3,(H,12,13). The Hall–Kier alpha value is -1.36. The molecule has 1 aliphatic rings. The molecule has 1 aliphatic heterocycles. The molecule has 1 aromatic heterocycles. The topological polar surface area (TPSA) is 72.6 Å². The zero-order chi connectivity index (χ0) is 10.8. The maximum Gasteiger partial charge on any atom is 0.358 e. The highest BCUT2D eigenvalue weighted by Crippen LogP contribution is 2.34. The second-order valence-corrected chi connectivity index (χ2v) is 3.58. The summed E-state index contributed by atoms with van der Waals surface area (Å²) in [6.07, 6.45) is 2.89. The maximum atomic E-state index is 10.9. The first-order valence-corrected chi connectivity index (χ1v) is 5.02. The molecule has 5 nitrogen and oxygen atoms in total. The summed E-state index contributed by atoms with van der Waals surface area (Å²) in [4.78, 5) is 14.6. The second-order valence-electron chi connectivity index (χ2n) is 3.58. The van der Waals surface area contributed by atoms with Gasteiger partial charge in [0.05, 0.1) is 6.10 Å². The van der Waals surface area contributed by atoms with Crippen molar-refractivity contribution in [3.05, 3.63) is 17.8 Å². The van der Waals surface area contributed by atoms with E-state index in [1.165, 1.54) is 6.39 Å². The highest BCUT2D eigenvalue weighted by Gasteiger charge is 2.34. The lowest BCUT2D eigenvalue weighted by Gasteiger charge is -2.14. The van der Waals surface area contributed by atoms with Gasteiger partial charge in [-0.25, -0.2) is 9.78 Å². The number of ether oxygens (including phenoxy) is 1. The number of rotatable bonds is 3. The Morgan fingerprint density at radius 2 is 2.53 bits per heavy atom. The number of aromatic nitrogens is 1. The fourth-order valence-electron chi connectivity index (χ4n) is 2.03. The Morgan fingerprint density at radius 1 is 1.73 bits per heavy atom. The predicted molar refractivity (Wildman–Crippen MR) is 50.9 cm³/mol. The number of aromatic carboxylic acids is 1. The van der Waals surface area contributed by atoms with Crippen molar-refractivity contribution in [3.8, 4) is 0 Å². The molecule has 82 valence electrons. The molecule has 15 heavy (non-hydrogen) atoms.